The summed E-state index contributed by atoms with van der Waals surface area (Å²) in [5, 5.41) is 11.0. The molecule has 1 N–H and O–H groups in total. The van der Waals surface area contributed by atoms with Crippen LogP contribution < -0.4 is 18.9 Å². The Bertz CT molecular complexity index is 879. The number of hydrogen-bond donors (Lipinski definition) is 1. The first kappa shape index (κ1) is 16.5. The largest absolute Gasteiger partial charge is 0.454 e. The highest BCUT2D eigenvalue weighted by molar-refractivity contribution is 5.46. The van der Waals surface area contributed by atoms with E-state index in [-0.39, 0.29) is 31.5 Å². The molecule has 0 amide bonds. The van der Waals surface area contributed by atoms with Crippen molar-refractivity contribution in [3.8, 4) is 23.0 Å². The average Bonchev–Trinajstić information content (AvgIpc) is 3.44. The van der Waals surface area contributed by atoms with Crippen LogP contribution in [0.4, 0.5) is 0 Å². The summed E-state index contributed by atoms with van der Waals surface area (Å²) in [6, 6.07) is 11.3. The number of aliphatic hydroxyl groups excluding tert-OH is 1. The van der Waals surface area contributed by atoms with E-state index in [1.165, 1.54) is 0 Å². The number of hydrogen-bond acceptors (Lipinski definition) is 6. The van der Waals surface area contributed by atoms with E-state index in [0.717, 1.165) is 22.6 Å². The van der Waals surface area contributed by atoms with Gasteiger partial charge in [0.2, 0.25) is 13.6 Å². The van der Waals surface area contributed by atoms with Crippen LogP contribution in [0.25, 0.3) is 0 Å². The molecule has 0 radical (unpaired) electrons. The first-order valence-corrected chi connectivity index (χ1v) is 8.96. The van der Waals surface area contributed by atoms with Crippen molar-refractivity contribution >= 4 is 0 Å². The number of fused-ring (bicyclic) bond motifs is 2. The maximum Gasteiger partial charge on any atom is 0.231 e. The fourth-order valence-corrected chi connectivity index (χ4v) is 4.01. The van der Waals surface area contributed by atoms with Crippen molar-refractivity contribution < 1.29 is 28.8 Å². The second kappa shape index (κ2) is 6.48. The molecule has 1 unspecified atom stereocenters. The lowest BCUT2D eigenvalue weighted by molar-refractivity contribution is 0.0756. The lowest BCUT2D eigenvalue weighted by atomic mass is 9.82. The molecule has 27 heavy (non-hydrogen) atoms. The molecule has 3 heterocycles. The summed E-state index contributed by atoms with van der Waals surface area (Å²) in [7, 11) is 0. The van der Waals surface area contributed by atoms with Crippen LogP contribution in [-0.2, 0) is 4.74 Å². The van der Waals surface area contributed by atoms with Gasteiger partial charge in [-0.3, -0.25) is 0 Å². The highest BCUT2D eigenvalue weighted by Gasteiger charge is 2.41. The molecule has 2 aromatic rings. The zero-order chi connectivity index (χ0) is 18.4. The van der Waals surface area contributed by atoms with Crippen molar-refractivity contribution in [3.05, 3.63) is 60.2 Å². The molecule has 3 aliphatic rings. The first-order valence-electron chi connectivity index (χ1n) is 8.96. The molecular formula is C21H20O6. The standard InChI is InChI=1S/C21H20O6/c1-2-14-15(20(22)12-3-5-16-18(7-12)26-10-24-16)9-23-21(14)13-4-6-17-19(8-13)27-11-25-17/h2-8,14-15,20-22H,1,9-11H2/t14-,15-,20?,21+/m0/s1. The minimum atomic E-state index is -0.693. The van der Waals surface area contributed by atoms with Gasteiger partial charge in [0.25, 0.3) is 0 Å². The third-order valence-electron chi connectivity index (χ3n) is 5.45. The zero-order valence-electron chi connectivity index (χ0n) is 14.7. The van der Waals surface area contributed by atoms with E-state index < -0.39 is 6.10 Å². The van der Waals surface area contributed by atoms with E-state index in [1.54, 1.807) is 0 Å². The smallest absolute Gasteiger partial charge is 0.231 e. The number of benzene rings is 2. The molecule has 0 spiro atoms. The Morgan fingerprint density at radius 1 is 0.926 bits per heavy atom. The summed E-state index contributed by atoms with van der Waals surface area (Å²) < 4.78 is 27.7. The number of aliphatic hydroxyl groups is 1. The van der Waals surface area contributed by atoms with Crippen molar-refractivity contribution in [2.24, 2.45) is 11.8 Å². The van der Waals surface area contributed by atoms with Gasteiger partial charge in [-0.15, -0.1) is 6.58 Å². The van der Waals surface area contributed by atoms with E-state index in [4.69, 9.17) is 23.7 Å². The SMILES string of the molecule is C=C[C@@H]1[C@@H](c2ccc3c(c2)OCO3)OC[C@@H]1C(O)c1ccc2c(c1)OCO2. The van der Waals surface area contributed by atoms with E-state index in [1.807, 2.05) is 42.5 Å². The van der Waals surface area contributed by atoms with Crippen LogP contribution in [0.15, 0.2) is 49.1 Å². The zero-order valence-corrected chi connectivity index (χ0v) is 14.7. The molecule has 0 aliphatic carbocycles. The van der Waals surface area contributed by atoms with Gasteiger partial charge >= 0.3 is 0 Å². The molecule has 0 bridgehead atoms. The molecule has 2 aromatic carbocycles. The first-order chi connectivity index (χ1) is 13.2. The van der Waals surface area contributed by atoms with Gasteiger partial charge < -0.3 is 28.8 Å². The van der Waals surface area contributed by atoms with E-state index in [2.05, 4.69) is 6.58 Å². The Hall–Kier alpha value is -2.70. The number of ether oxygens (including phenoxy) is 5. The van der Waals surface area contributed by atoms with Crippen LogP contribution in [0.2, 0.25) is 0 Å². The Kier molecular flexibility index (Phi) is 3.95. The van der Waals surface area contributed by atoms with E-state index >= 15 is 0 Å². The van der Waals surface area contributed by atoms with E-state index in [9.17, 15) is 5.11 Å². The summed E-state index contributed by atoms with van der Waals surface area (Å²) in [6.07, 6.45) is 0.982. The predicted octanol–water partition coefficient (Wildman–Crippen LogP) is 3.37. The van der Waals surface area contributed by atoms with Gasteiger partial charge in [0.05, 0.1) is 18.8 Å². The molecule has 6 nitrogen and oxygen atoms in total. The molecule has 6 heteroatoms. The monoisotopic (exact) mass is 368 g/mol. The summed E-state index contributed by atoms with van der Waals surface area (Å²) >= 11 is 0. The summed E-state index contributed by atoms with van der Waals surface area (Å²) in [5.41, 5.74) is 1.77. The highest BCUT2D eigenvalue weighted by atomic mass is 16.7. The quantitative estimate of drug-likeness (QED) is 0.835. The minimum absolute atomic E-state index is 0.0363. The number of rotatable bonds is 4. The van der Waals surface area contributed by atoms with E-state index in [0.29, 0.717) is 18.1 Å². The lowest BCUT2D eigenvalue weighted by Gasteiger charge is -2.24. The van der Waals surface area contributed by atoms with Crippen molar-refractivity contribution in [1.82, 2.24) is 0 Å². The normalized spacial score (nSPS) is 26.2. The topological polar surface area (TPSA) is 66.4 Å². The predicted molar refractivity (Wildman–Crippen MR) is 96.0 cm³/mol. The molecule has 140 valence electrons. The highest BCUT2D eigenvalue weighted by Crippen LogP contribution is 2.47. The summed E-state index contributed by atoms with van der Waals surface area (Å²) in [6.45, 7) is 4.87. The van der Waals surface area contributed by atoms with Gasteiger partial charge in [0.15, 0.2) is 23.0 Å². The van der Waals surface area contributed by atoms with Crippen molar-refractivity contribution in [1.29, 1.82) is 0 Å². The molecule has 0 saturated carbocycles. The Balaban J connectivity index is 1.40. The maximum atomic E-state index is 11.0. The lowest BCUT2D eigenvalue weighted by Crippen LogP contribution is -2.20. The van der Waals surface area contributed by atoms with Crippen LogP contribution in [0.3, 0.4) is 0 Å². The van der Waals surface area contributed by atoms with Gasteiger partial charge in [-0.2, -0.15) is 0 Å². The third-order valence-corrected chi connectivity index (χ3v) is 5.45. The van der Waals surface area contributed by atoms with Crippen LogP contribution in [0.1, 0.15) is 23.3 Å². The molecule has 3 aliphatic heterocycles. The Morgan fingerprint density at radius 2 is 1.59 bits per heavy atom. The van der Waals surface area contributed by atoms with Crippen LogP contribution in [0, 0.1) is 11.8 Å². The second-order valence-electron chi connectivity index (χ2n) is 6.90. The minimum Gasteiger partial charge on any atom is -0.454 e. The Morgan fingerprint density at radius 3 is 2.33 bits per heavy atom. The van der Waals surface area contributed by atoms with Gasteiger partial charge in [0.1, 0.15) is 0 Å². The fourth-order valence-electron chi connectivity index (χ4n) is 4.01. The molecule has 4 atom stereocenters. The van der Waals surface area contributed by atoms with Crippen LogP contribution in [-0.4, -0.2) is 25.3 Å². The molecule has 5 rings (SSSR count). The van der Waals surface area contributed by atoms with Gasteiger partial charge in [-0.05, 0) is 35.4 Å². The summed E-state index contributed by atoms with van der Waals surface area (Å²) in [4.78, 5) is 0. The molecular weight excluding hydrogens is 348 g/mol. The fraction of sp³-hybridized carbons (Fsp3) is 0.333. The van der Waals surface area contributed by atoms with Gasteiger partial charge in [0, 0.05) is 11.8 Å². The molecule has 0 aromatic heterocycles. The Labute approximate surface area is 156 Å². The van der Waals surface area contributed by atoms with Crippen molar-refractivity contribution in [2.45, 2.75) is 12.2 Å². The molecule has 1 saturated heterocycles. The van der Waals surface area contributed by atoms with Crippen molar-refractivity contribution in [3.63, 3.8) is 0 Å². The third kappa shape index (κ3) is 2.72. The molecule has 1 fully saturated rings. The van der Waals surface area contributed by atoms with Gasteiger partial charge in [-0.25, -0.2) is 0 Å². The van der Waals surface area contributed by atoms with Crippen LogP contribution in [0.5, 0.6) is 23.0 Å². The van der Waals surface area contributed by atoms with Crippen molar-refractivity contribution in [2.75, 3.05) is 20.2 Å². The summed E-state index contributed by atoms with van der Waals surface area (Å²) in [5.74, 6) is 2.67. The van der Waals surface area contributed by atoms with Gasteiger partial charge in [-0.1, -0.05) is 18.2 Å². The second-order valence-corrected chi connectivity index (χ2v) is 6.90. The average molecular weight is 368 g/mol. The van der Waals surface area contributed by atoms with Crippen LogP contribution >= 0.6 is 0 Å². The maximum absolute atomic E-state index is 11.0.